The van der Waals surface area contributed by atoms with Gasteiger partial charge < -0.3 is 24.3 Å². The number of urea groups is 1. The van der Waals surface area contributed by atoms with Crippen LogP contribution in [0.15, 0.2) is 0 Å². The van der Waals surface area contributed by atoms with Crippen molar-refractivity contribution < 1.29 is 18.1 Å². The fourth-order valence-electron chi connectivity index (χ4n) is 2.92. The van der Waals surface area contributed by atoms with Crippen molar-refractivity contribution in [1.29, 1.82) is 0 Å². The number of hydrogen-bond donors (Lipinski definition) is 2. The molecule has 0 spiro atoms. The molecule has 0 aliphatic carbocycles. The summed E-state index contributed by atoms with van der Waals surface area (Å²) in [7, 11) is -2.44. The van der Waals surface area contributed by atoms with Gasteiger partial charge >= 0.3 is 14.8 Å². The number of rotatable bonds is 18. The minimum atomic E-state index is -2.44. The van der Waals surface area contributed by atoms with Gasteiger partial charge in [0.15, 0.2) is 0 Å². The zero-order chi connectivity index (χ0) is 18.8. The average molecular weight is 377 g/mol. The highest BCUT2D eigenvalue weighted by Gasteiger charge is 2.39. The minimum Gasteiger partial charge on any atom is -0.374 e. The molecule has 0 saturated heterocycles. The Bertz CT molecular complexity index is 302. The van der Waals surface area contributed by atoms with Crippen LogP contribution in [0.4, 0.5) is 4.79 Å². The summed E-state index contributed by atoms with van der Waals surface area (Å²) in [6, 6.07) is 0.500. The molecule has 150 valence electrons. The highest BCUT2D eigenvalue weighted by atomic mass is 28.4. The molecule has 0 saturated carbocycles. The summed E-state index contributed by atoms with van der Waals surface area (Å²) < 4.78 is 17.6. The minimum absolute atomic E-state index is 0.426. The molecule has 0 aliphatic rings. The van der Waals surface area contributed by atoms with Gasteiger partial charge in [0.05, 0.1) is 0 Å². The van der Waals surface area contributed by atoms with Crippen LogP contribution < -0.4 is 11.1 Å². The zero-order valence-electron chi connectivity index (χ0n) is 16.6. The van der Waals surface area contributed by atoms with E-state index in [2.05, 4.69) is 5.32 Å². The van der Waals surface area contributed by atoms with Crippen LogP contribution in [0.5, 0.6) is 0 Å². The smallest absolute Gasteiger partial charge is 0.374 e. The summed E-state index contributed by atoms with van der Waals surface area (Å²) >= 11 is 0. The Labute approximate surface area is 155 Å². The molecular formula is C18H40N2O4Si. The summed E-state index contributed by atoms with van der Waals surface area (Å²) in [4.78, 5) is 10.5. The van der Waals surface area contributed by atoms with Gasteiger partial charge in [-0.1, -0.05) is 44.9 Å². The number of carbonyl (C=O) groups excluding carboxylic acids is 1. The number of nitrogens with one attached hydrogen (secondary N) is 1. The van der Waals surface area contributed by atoms with Crippen LogP contribution in [0.2, 0.25) is 6.04 Å². The summed E-state index contributed by atoms with van der Waals surface area (Å²) in [5, 5.41) is 2.62. The van der Waals surface area contributed by atoms with Gasteiger partial charge in [-0.05, 0) is 33.6 Å². The average Bonchev–Trinajstić information content (AvgIpc) is 2.56. The summed E-state index contributed by atoms with van der Waals surface area (Å²) in [6.07, 6.45) is 10.8. The third-order valence-corrected chi connectivity index (χ3v) is 7.20. The van der Waals surface area contributed by atoms with Gasteiger partial charge in [0, 0.05) is 32.4 Å². The van der Waals surface area contributed by atoms with Crippen LogP contribution in [-0.2, 0) is 13.3 Å². The molecular weight excluding hydrogens is 336 g/mol. The largest absolute Gasteiger partial charge is 0.500 e. The van der Waals surface area contributed by atoms with Crippen molar-refractivity contribution in [1.82, 2.24) is 5.32 Å². The SMILES string of the molecule is CCO[Si](CCCCCCCCCCCNC(N)=O)(OCC)OCC. The Morgan fingerprint density at radius 1 is 0.760 bits per heavy atom. The topological polar surface area (TPSA) is 82.8 Å². The third-order valence-electron chi connectivity index (χ3n) is 4.05. The Morgan fingerprint density at radius 3 is 1.56 bits per heavy atom. The van der Waals surface area contributed by atoms with E-state index in [1.165, 1.54) is 38.5 Å². The van der Waals surface area contributed by atoms with E-state index in [9.17, 15) is 4.79 Å². The standard InChI is InChI=1S/C18H40N2O4Si/c1-4-22-25(23-5-2,24-6-3)17-15-13-11-9-7-8-10-12-14-16-20-18(19)21/h4-17H2,1-3H3,(H3,19,20,21). The Balaban J connectivity index is 3.61. The van der Waals surface area contributed by atoms with Crippen LogP contribution >= 0.6 is 0 Å². The van der Waals surface area contributed by atoms with Crippen LogP contribution in [0.3, 0.4) is 0 Å². The maximum atomic E-state index is 10.5. The number of nitrogens with two attached hydrogens (primary N) is 1. The predicted molar refractivity (Wildman–Crippen MR) is 105 cm³/mol. The summed E-state index contributed by atoms with van der Waals surface area (Å²) in [6.45, 7) is 8.67. The lowest BCUT2D eigenvalue weighted by atomic mass is 10.1. The van der Waals surface area contributed by atoms with Gasteiger partial charge in [0.1, 0.15) is 0 Å². The van der Waals surface area contributed by atoms with Gasteiger partial charge in [-0.3, -0.25) is 0 Å². The lowest BCUT2D eigenvalue weighted by Gasteiger charge is -2.28. The Morgan fingerprint density at radius 2 is 1.16 bits per heavy atom. The van der Waals surface area contributed by atoms with E-state index in [-0.39, 0.29) is 0 Å². The predicted octanol–water partition coefficient (Wildman–Crippen LogP) is 4.21. The molecule has 0 aliphatic heterocycles. The van der Waals surface area contributed by atoms with Crippen molar-refractivity contribution in [2.45, 2.75) is 84.6 Å². The second-order valence-electron chi connectivity index (χ2n) is 6.21. The van der Waals surface area contributed by atoms with Gasteiger partial charge in [0.25, 0.3) is 0 Å². The van der Waals surface area contributed by atoms with Gasteiger partial charge in [0.2, 0.25) is 0 Å². The second kappa shape index (κ2) is 16.8. The first-order valence-electron chi connectivity index (χ1n) is 10.0. The first kappa shape index (κ1) is 24.4. The highest BCUT2D eigenvalue weighted by Crippen LogP contribution is 2.20. The van der Waals surface area contributed by atoms with E-state index in [1.54, 1.807) is 0 Å². The van der Waals surface area contributed by atoms with Crippen molar-refractivity contribution in [3.63, 3.8) is 0 Å². The van der Waals surface area contributed by atoms with Crippen LogP contribution in [-0.4, -0.2) is 41.2 Å². The van der Waals surface area contributed by atoms with Crippen molar-refractivity contribution in [2.24, 2.45) is 5.73 Å². The number of hydrogen-bond acceptors (Lipinski definition) is 4. The first-order chi connectivity index (χ1) is 12.1. The number of primary amides is 1. The molecule has 0 bridgehead atoms. The molecule has 0 rings (SSSR count). The van der Waals surface area contributed by atoms with E-state index < -0.39 is 14.8 Å². The van der Waals surface area contributed by atoms with Gasteiger partial charge in [-0.15, -0.1) is 0 Å². The molecule has 0 atom stereocenters. The maximum absolute atomic E-state index is 10.5. The number of amides is 2. The van der Waals surface area contributed by atoms with Crippen LogP contribution in [0.25, 0.3) is 0 Å². The molecule has 0 aromatic rings. The molecule has 0 radical (unpaired) electrons. The maximum Gasteiger partial charge on any atom is 0.500 e. The van der Waals surface area contributed by atoms with E-state index in [0.717, 1.165) is 25.3 Å². The number of unbranched alkanes of at least 4 members (excludes halogenated alkanes) is 8. The molecule has 3 N–H and O–H groups in total. The summed E-state index contributed by atoms with van der Waals surface area (Å²) in [5.41, 5.74) is 5.02. The van der Waals surface area contributed by atoms with Crippen molar-refractivity contribution in [3.8, 4) is 0 Å². The molecule has 6 nitrogen and oxygen atoms in total. The highest BCUT2D eigenvalue weighted by molar-refractivity contribution is 6.60. The Kier molecular flexibility index (Phi) is 16.4. The molecule has 0 unspecified atom stereocenters. The lowest BCUT2D eigenvalue weighted by Crippen LogP contribution is -2.45. The molecule has 0 aromatic heterocycles. The third kappa shape index (κ3) is 14.2. The lowest BCUT2D eigenvalue weighted by molar-refractivity contribution is 0.0706. The fraction of sp³-hybridized carbons (Fsp3) is 0.944. The molecule has 0 heterocycles. The molecule has 25 heavy (non-hydrogen) atoms. The van der Waals surface area contributed by atoms with Crippen LogP contribution in [0.1, 0.15) is 78.6 Å². The fourth-order valence-corrected chi connectivity index (χ4v) is 5.60. The van der Waals surface area contributed by atoms with Gasteiger partial charge in [-0.2, -0.15) is 0 Å². The van der Waals surface area contributed by atoms with E-state index >= 15 is 0 Å². The summed E-state index contributed by atoms with van der Waals surface area (Å²) in [5.74, 6) is 0. The van der Waals surface area contributed by atoms with Gasteiger partial charge in [-0.25, -0.2) is 4.79 Å². The second-order valence-corrected chi connectivity index (χ2v) is 8.94. The first-order valence-corrected chi connectivity index (χ1v) is 12.0. The van der Waals surface area contributed by atoms with Crippen LogP contribution in [0, 0.1) is 0 Å². The molecule has 2 amide bonds. The molecule has 0 aromatic carbocycles. The van der Waals surface area contributed by atoms with E-state index in [0.29, 0.717) is 26.4 Å². The monoisotopic (exact) mass is 376 g/mol. The van der Waals surface area contributed by atoms with E-state index in [4.69, 9.17) is 19.0 Å². The molecule has 0 fully saturated rings. The van der Waals surface area contributed by atoms with E-state index in [1.807, 2.05) is 20.8 Å². The van der Waals surface area contributed by atoms with Crippen molar-refractivity contribution >= 4 is 14.8 Å². The Hall–Kier alpha value is -0.633. The van der Waals surface area contributed by atoms with Crippen molar-refractivity contribution in [2.75, 3.05) is 26.4 Å². The number of carbonyl (C=O) groups is 1. The van der Waals surface area contributed by atoms with Crippen molar-refractivity contribution in [3.05, 3.63) is 0 Å². The zero-order valence-corrected chi connectivity index (χ0v) is 17.6. The molecule has 7 heteroatoms. The normalized spacial score (nSPS) is 11.6. The quantitative estimate of drug-likeness (QED) is 0.277.